The summed E-state index contributed by atoms with van der Waals surface area (Å²) in [6.45, 7) is 12.4. The summed E-state index contributed by atoms with van der Waals surface area (Å²) in [6, 6.07) is 0. The fraction of sp³-hybridized carbons (Fsp3) is 0.946. The molecule has 16 atom stereocenters. The van der Waals surface area contributed by atoms with Gasteiger partial charge in [-0.1, -0.05) is 27.7 Å². The number of hydrogen-bond acceptors (Lipinski definition) is 13. The second kappa shape index (κ2) is 13.4. The lowest BCUT2D eigenvalue weighted by molar-refractivity contribution is -0.578. The zero-order valence-corrected chi connectivity index (χ0v) is 30.7. The number of carboxylic acid groups (broad SMARTS) is 1. The van der Waals surface area contributed by atoms with E-state index in [1.807, 2.05) is 13.8 Å². The second-order valence-corrected chi connectivity index (χ2v) is 17.2. The highest BCUT2D eigenvalue weighted by Crippen LogP contribution is 2.62. The van der Waals surface area contributed by atoms with E-state index in [4.69, 9.17) is 52.7 Å². The van der Waals surface area contributed by atoms with Crippen molar-refractivity contribution in [1.82, 2.24) is 0 Å². The number of carboxylic acids is 1. The van der Waals surface area contributed by atoms with Crippen molar-refractivity contribution in [3.8, 4) is 0 Å². The Labute approximate surface area is 299 Å². The van der Waals surface area contributed by atoms with Crippen LogP contribution in [0.3, 0.4) is 0 Å². The maximum Gasteiger partial charge on any atom is 0.306 e. The van der Waals surface area contributed by atoms with Gasteiger partial charge in [-0.25, -0.2) is 19.6 Å². The highest BCUT2D eigenvalue weighted by Gasteiger charge is 2.71. The highest BCUT2D eigenvalue weighted by molar-refractivity contribution is 5.76. The predicted molar refractivity (Wildman–Crippen MR) is 172 cm³/mol. The van der Waals surface area contributed by atoms with Crippen molar-refractivity contribution in [2.45, 2.75) is 160 Å². The zero-order chi connectivity index (χ0) is 35.9. The average molecular weight is 725 g/mol. The SMILES string of the molecule is C[C@@H]1CCC2[C@@H](C)[C@@H](OCC(CO[C@H]3OC4O[C@@]5(C)CC[C@H]6[C@H](C)CCC([C@H]3C)[C@@]46OO5)OC(=O)CCC(=O)O)OC3O[C@@]4(C)CC[C@@H]1[C@]32OO4. The third-order valence-electron chi connectivity index (χ3n) is 13.9. The molecule has 4 bridgehead atoms. The van der Waals surface area contributed by atoms with Crippen molar-refractivity contribution >= 4 is 11.9 Å². The van der Waals surface area contributed by atoms with Crippen LogP contribution in [-0.2, 0) is 62.3 Å². The molecule has 14 nitrogen and oxygen atoms in total. The molecule has 14 heteroatoms. The minimum atomic E-state index is -1.08. The molecule has 2 spiro atoms. The van der Waals surface area contributed by atoms with Gasteiger partial charge in [0.2, 0.25) is 11.6 Å². The quantitative estimate of drug-likeness (QED) is 0.231. The smallest absolute Gasteiger partial charge is 0.306 e. The lowest BCUT2D eigenvalue weighted by atomic mass is 9.58. The monoisotopic (exact) mass is 724 g/mol. The van der Waals surface area contributed by atoms with Crippen molar-refractivity contribution in [3.63, 3.8) is 0 Å². The highest BCUT2D eigenvalue weighted by atomic mass is 17.3. The Kier molecular flexibility index (Phi) is 9.58. The van der Waals surface area contributed by atoms with Crippen molar-refractivity contribution < 1.29 is 67.4 Å². The number of hydrogen-bond donors (Lipinski definition) is 1. The molecule has 0 radical (unpaired) electrons. The molecule has 1 N–H and O–H groups in total. The van der Waals surface area contributed by atoms with E-state index in [1.54, 1.807) is 0 Å². The molecule has 10 fully saturated rings. The van der Waals surface area contributed by atoms with Crippen LogP contribution in [0.1, 0.15) is 106 Å². The van der Waals surface area contributed by atoms with Crippen molar-refractivity contribution in [2.24, 2.45) is 47.3 Å². The van der Waals surface area contributed by atoms with Crippen LogP contribution in [0.4, 0.5) is 0 Å². The summed E-state index contributed by atoms with van der Waals surface area (Å²) in [7, 11) is 0. The molecule has 8 aliphatic heterocycles. The van der Waals surface area contributed by atoms with Crippen LogP contribution in [0.2, 0.25) is 0 Å². The molecule has 51 heavy (non-hydrogen) atoms. The van der Waals surface area contributed by atoms with E-state index >= 15 is 0 Å². The van der Waals surface area contributed by atoms with Crippen LogP contribution in [-0.4, -0.2) is 84.3 Å². The van der Waals surface area contributed by atoms with Crippen molar-refractivity contribution in [3.05, 3.63) is 0 Å². The molecule has 2 aliphatic carbocycles. The molecule has 8 saturated heterocycles. The Hall–Kier alpha value is -1.46. The summed E-state index contributed by atoms with van der Waals surface area (Å²) in [6.07, 6.45) is 2.99. The van der Waals surface area contributed by atoms with E-state index in [9.17, 15) is 14.7 Å². The number of esters is 1. The second-order valence-electron chi connectivity index (χ2n) is 17.2. The summed E-state index contributed by atoms with van der Waals surface area (Å²) < 4.78 is 44.9. The molecule has 8 heterocycles. The first-order valence-electron chi connectivity index (χ1n) is 19.3. The van der Waals surface area contributed by atoms with Crippen LogP contribution in [0, 0.1) is 47.3 Å². The fourth-order valence-corrected chi connectivity index (χ4v) is 11.1. The van der Waals surface area contributed by atoms with Crippen LogP contribution >= 0.6 is 0 Å². The lowest BCUT2D eigenvalue weighted by Gasteiger charge is -2.60. The van der Waals surface area contributed by atoms with Crippen LogP contribution < -0.4 is 0 Å². The van der Waals surface area contributed by atoms with E-state index in [2.05, 4.69) is 27.7 Å². The predicted octanol–water partition coefficient (Wildman–Crippen LogP) is 5.21. The number of carbonyl (C=O) groups excluding carboxylic acids is 1. The fourth-order valence-electron chi connectivity index (χ4n) is 11.1. The van der Waals surface area contributed by atoms with Crippen LogP contribution in [0.15, 0.2) is 0 Å². The van der Waals surface area contributed by atoms with Gasteiger partial charge < -0.3 is 38.3 Å². The van der Waals surface area contributed by atoms with Crippen molar-refractivity contribution in [2.75, 3.05) is 13.2 Å². The van der Waals surface area contributed by atoms with Gasteiger partial charge in [-0.3, -0.25) is 9.59 Å². The maximum absolute atomic E-state index is 12.9. The van der Waals surface area contributed by atoms with Gasteiger partial charge >= 0.3 is 11.9 Å². The third kappa shape index (κ3) is 6.08. The van der Waals surface area contributed by atoms with E-state index in [0.717, 1.165) is 38.5 Å². The first-order chi connectivity index (χ1) is 24.3. The van der Waals surface area contributed by atoms with E-state index < -0.39 is 66.0 Å². The molecule has 0 amide bonds. The lowest BCUT2D eigenvalue weighted by Crippen LogP contribution is -2.70. The van der Waals surface area contributed by atoms with Gasteiger partial charge in [-0.2, -0.15) is 0 Å². The van der Waals surface area contributed by atoms with E-state index in [1.165, 1.54) is 0 Å². The molecule has 4 unspecified atom stereocenters. The van der Waals surface area contributed by atoms with Crippen LogP contribution in [0.5, 0.6) is 0 Å². The summed E-state index contributed by atoms with van der Waals surface area (Å²) in [5.41, 5.74) is -1.46. The third-order valence-corrected chi connectivity index (χ3v) is 13.9. The van der Waals surface area contributed by atoms with Gasteiger partial charge in [0.25, 0.3) is 0 Å². The molecule has 288 valence electrons. The topological polar surface area (TPSA) is 156 Å². The molecule has 2 saturated carbocycles. The average Bonchev–Trinajstić information content (AvgIpc) is 3.46. The molecule has 10 rings (SSSR count). The number of aliphatic carboxylic acids is 1. The van der Waals surface area contributed by atoms with Gasteiger partial charge in [0.15, 0.2) is 36.4 Å². The Morgan fingerprint density at radius 2 is 1.14 bits per heavy atom. The molecule has 0 aromatic carbocycles. The summed E-state index contributed by atoms with van der Waals surface area (Å²) in [5, 5.41) is 9.18. The Morgan fingerprint density at radius 1 is 0.667 bits per heavy atom. The summed E-state index contributed by atoms with van der Waals surface area (Å²) in [5.74, 6) is -2.31. The Morgan fingerprint density at radius 3 is 1.59 bits per heavy atom. The Bertz CT molecular complexity index is 1250. The number of ether oxygens (including phenoxy) is 7. The number of rotatable bonds is 10. The van der Waals surface area contributed by atoms with E-state index in [-0.39, 0.29) is 61.6 Å². The molecule has 0 aromatic rings. The summed E-state index contributed by atoms with van der Waals surface area (Å²) >= 11 is 0. The Balaban J connectivity index is 0.977. The molecular formula is C37H56O14. The standard InChI is InChI=1S/C37H56O14/c1-19-7-9-26-21(3)30(44-32-36(26)24(19)13-15-34(5,46-32)48-50-36)41-17-23(43-29(40)12-11-28(38)39)18-42-31-22(4)27-10-8-20(2)25-14-16-35(6)47-33(45-31)37(25,27)51-49-35/h19-27,30-33H,7-18H2,1-6H3,(H,38,39)/t19-,20-,21-,22-,23?,24+,25+,26?,27?,30+,31+,32?,33?,34-,35-,36-,37-/m1/s1. The zero-order valence-electron chi connectivity index (χ0n) is 30.7. The normalized spacial score (nSPS) is 51.8. The summed E-state index contributed by atoms with van der Waals surface area (Å²) in [4.78, 5) is 48.5. The first kappa shape index (κ1) is 36.5. The minimum absolute atomic E-state index is 0.0439. The minimum Gasteiger partial charge on any atom is -0.481 e. The first-order valence-corrected chi connectivity index (χ1v) is 19.3. The van der Waals surface area contributed by atoms with Gasteiger partial charge in [-0.15, -0.1) is 0 Å². The van der Waals surface area contributed by atoms with Gasteiger partial charge in [0, 0.05) is 36.5 Å². The largest absolute Gasteiger partial charge is 0.481 e. The molecular weight excluding hydrogens is 668 g/mol. The molecule has 10 aliphatic rings. The molecule has 0 aromatic heterocycles. The van der Waals surface area contributed by atoms with Gasteiger partial charge in [-0.05, 0) is 76.0 Å². The van der Waals surface area contributed by atoms with E-state index in [0.29, 0.717) is 24.7 Å². The van der Waals surface area contributed by atoms with Gasteiger partial charge in [0.1, 0.15) is 6.10 Å². The van der Waals surface area contributed by atoms with Crippen LogP contribution in [0.25, 0.3) is 0 Å². The maximum atomic E-state index is 12.9. The van der Waals surface area contributed by atoms with Gasteiger partial charge in [0.05, 0.1) is 26.1 Å². The number of carbonyl (C=O) groups is 2. The number of fused-ring (bicyclic) bond motifs is 4. The van der Waals surface area contributed by atoms with Crippen molar-refractivity contribution in [1.29, 1.82) is 0 Å².